The van der Waals surface area contributed by atoms with E-state index < -0.39 is 14.1 Å². The third-order valence-corrected chi connectivity index (χ3v) is 6.10. The number of hydrogen-bond acceptors (Lipinski definition) is 2. The second-order valence-corrected chi connectivity index (χ2v) is 7.99. The minimum atomic E-state index is -0.995. The van der Waals surface area contributed by atoms with Crippen LogP contribution in [-0.2, 0) is 17.1 Å². The molecule has 0 saturated heterocycles. The molecule has 0 bridgehead atoms. The van der Waals surface area contributed by atoms with Gasteiger partial charge in [0, 0.05) is 0 Å². The normalized spacial score (nSPS) is 12.0. The number of benzene rings is 2. The summed E-state index contributed by atoms with van der Waals surface area (Å²) in [6, 6.07) is 28.7. The minimum absolute atomic E-state index is 0. The van der Waals surface area contributed by atoms with Gasteiger partial charge in [0.05, 0.1) is 25.5 Å². The van der Waals surface area contributed by atoms with Gasteiger partial charge in [-0.3, -0.25) is 14.3 Å². The van der Waals surface area contributed by atoms with Crippen LogP contribution in [0.1, 0.15) is 0 Å². The molecule has 3 aromatic rings. The van der Waals surface area contributed by atoms with Gasteiger partial charge in [0.25, 0.3) is 0 Å². The molecule has 3 aromatic carbocycles. The molecule has 0 fully saturated rings. The van der Waals surface area contributed by atoms with E-state index in [-0.39, 0.29) is 17.1 Å². The third kappa shape index (κ3) is 6.38. The number of nitrogens with one attached hydrogen (secondary N) is 2. The summed E-state index contributed by atoms with van der Waals surface area (Å²) in [7, 11) is 0. The van der Waals surface area contributed by atoms with Crippen LogP contribution in [0.3, 0.4) is 0 Å². The molecule has 125 valence electrons. The Bertz CT molecular complexity index is 753. The zero-order valence-corrected chi connectivity index (χ0v) is 16.1. The van der Waals surface area contributed by atoms with Crippen molar-refractivity contribution >= 4 is 29.9 Å². The Morgan fingerprint density at radius 1 is 0.680 bits per heavy atom. The van der Waals surface area contributed by atoms with Crippen molar-refractivity contribution in [2.45, 2.75) is 0 Å². The molecule has 2 nitrogen and oxygen atoms in total. The number of para-hydroxylation sites is 1. The first-order valence-electron chi connectivity index (χ1n) is 8.10. The second kappa shape index (κ2) is 10.7. The molecular weight excluding hydrogens is 363 g/mol. The standard InChI is InChI=1S/C12H11N2.C5H5.C4H4.Al.Fe/c1-3-7-11(8-4-1)13-14-12-9-5-2-6-10-12;1-2-4-5-3-1;1-3-4-2;;/h1-5,7-10,13-14H;1-5H;1-4H;;/q;-1;;-1;+2. The second-order valence-electron chi connectivity index (χ2n) is 5.50. The molecule has 0 aromatic heterocycles. The van der Waals surface area contributed by atoms with E-state index in [2.05, 4.69) is 57.1 Å². The first-order chi connectivity index (χ1) is 11.9. The third-order valence-electron chi connectivity index (χ3n) is 3.70. The number of hydrogen-bond donors (Lipinski definition) is 2. The van der Waals surface area contributed by atoms with Crippen LogP contribution < -0.4 is 15.3 Å². The van der Waals surface area contributed by atoms with Gasteiger partial charge in [0.15, 0.2) is 0 Å². The van der Waals surface area contributed by atoms with Gasteiger partial charge in [0.2, 0.25) is 0 Å². The molecule has 0 aliphatic carbocycles. The summed E-state index contributed by atoms with van der Waals surface area (Å²) >= 11 is -0.995. The molecule has 25 heavy (non-hydrogen) atoms. The summed E-state index contributed by atoms with van der Waals surface area (Å²) in [6.45, 7) is 0. The molecule has 0 unspecified atom stereocenters. The van der Waals surface area contributed by atoms with Gasteiger partial charge in [-0.25, -0.2) is 12.1 Å². The van der Waals surface area contributed by atoms with Gasteiger partial charge in [-0.1, -0.05) is 30.3 Å². The Kier molecular flexibility index (Phi) is 8.25. The van der Waals surface area contributed by atoms with Crippen molar-refractivity contribution in [3.8, 4) is 0 Å². The average Bonchev–Trinajstić information content (AvgIpc) is 3.37. The van der Waals surface area contributed by atoms with Crippen LogP contribution in [0.5, 0.6) is 0 Å². The van der Waals surface area contributed by atoms with Gasteiger partial charge in [0.1, 0.15) is 0 Å². The maximum atomic E-state index is 3.25. The van der Waals surface area contributed by atoms with Crippen molar-refractivity contribution in [3.63, 3.8) is 0 Å². The molecule has 1 radical (unpaired) electrons. The summed E-state index contributed by atoms with van der Waals surface area (Å²) in [5.41, 5.74) is 8.62. The average molecular weight is 383 g/mol. The van der Waals surface area contributed by atoms with Crippen molar-refractivity contribution in [1.82, 2.24) is 0 Å². The molecule has 0 saturated carbocycles. The summed E-state index contributed by atoms with van der Waals surface area (Å²) in [6.07, 6.45) is 4.30. The van der Waals surface area contributed by atoms with E-state index in [0.717, 1.165) is 11.4 Å². The summed E-state index contributed by atoms with van der Waals surface area (Å²) < 4.78 is 1.44. The summed E-state index contributed by atoms with van der Waals surface area (Å²) in [5, 5.41) is 0. The maximum absolute atomic E-state index is 3.25. The Labute approximate surface area is 164 Å². The van der Waals surface area contributed by atoms with Crippen LogP contribution in [0.2, 0.25) is 0 Å². The quantitative estimate of drug-likeness (QED) is 0.396. The van der Waals surface area contributed by atoms with Crippen LogP contribution in [0.15, 0.2) is 107 Å². The van der Waals surface area contributed by atoms with Crippen molar-refractivity contribution in [2.75, 3.05) is 10.9 Å². The van der Waals surface area contributed by atoms with Crippen molar-refractivity contribution in [1.29, 1.82) is 0 Å². The van der Waals surface area contributed by atoms with E-state index in [0.29, 0.717) is 0 Å². The smallest absolute Gasteiger partial charge is 0.301 e. The fourth-order valence-corrected chi connectivity index (χ4v) is 4.48. The fraction of sp³-hybridized carbons (Fsp3) is 0. The monoisotopic (exact) mass is 383 g/mol. The zero-order valence-electron chi connectivity index (χ0n) is 13.8. The van der Waals surface area contributed by atoms with E-state index >= 15 is 0 Å². The summed E-state index contributed by atoms with van der Waals surface area (Å²) in [4.78, 5) is 4.67. The van der Waals surface area contributed by atoms with E-state index in [9.17, 15) is 0 Å². The van der Waals surface area contributed by atoms with Gasteiger partial charge >= 0.3 is 17.1 Å². The van der Waals surface area contributed by atoms with Crippen LogP contribution >= 0.6 is 0 Å². The van der Waals surface area contributed by atoms with Crippen molar-refractivity contribution in [3.05, 3.63) is 107 Å². The van der Waals surface area contributed by atoms with Gasteiger partial charge in [-0.05, 0) is 18.2 Å². The van der Waals surface area contributed by atoms with E-state index in [1.165, 1.54) is 4.43 Å². The van der Waals surface area contributed by atoms with E-state index in [1.807, 2.05) is 60.7 Å². The van der Waals surface area contributed by atoms with E-state index in [4.69, 9.17) is 0 Å². The molecule has 1 aliphatic heterocycles. The largest absolute Gasteiger partial charge is 2.00 e. The molecule has 0 spiro atoms. The predicted octanol–water partition coefficient (Wildman–Crippen LogP) is 4.43. The van der Waals surface area contributed by atoms with Crippen LogP contribution in [0, 0.1) is 0 Å². The van der Waals surface area contributed by atoms with E-state index in [1.54, 1.807) is 0 Å². The molecule has 4 heteroatoms. The van der Waals surface area contributed by atoms with Crippen LogP contribution in [0.25, 0.3) is 0 Å². The van der Waals surface area contributed by atoms with Crippen molar-refractivity contribution < 1.29 is 17.1 Å². The van der Waals surface area contributed by atoms with Gasteiger partial charge in [-0.2, -0.15) is 18.2 Å². The molecule has 0 atom stereocenters. The van der Waals surface area contributed by atoms with Gasteiger partial charge in [-0.15, -0.1) is 18.2 Å². The first-order valence-corrected chi connectivity index (χ1v) is 10.0. The molecule has 1 aliphatic rings. The fourth-order valence-electron chi connectivity index (χ4n) is 2.46. The Morgan fingerprint density at radius 3 is 1.96 bits per heavy atom. The first kappa shape index (κ1) is 19.2. The Morgan fingerprint density at radius 2 is 1.32 bits per heavy atom. The predicted molar refractivity (Wildman–Crippen MR) is 106 cm³/mol. The maximum Gasteiger partial charge on any atom is 2.00 e. The molecule has 4 rings (SSSR count). The van der Waals surface area contributed by atoms with Crippen LogP contribution in [0.4, 0.5) is 11.4 Å². The topological polar surface area (TPSA) is 24.1 Å². The minimum Gasteiger partial charge on any atom is -0.301 e. The number of rotatable bonds is 4. The number of anilines is 2. The Balaban J connectivity index is 0.000000325. The van der Waals surface area contributed by atoms with Crippen molar-refractivity contribution in [2.24, 2.45) is 0 Å². The Hall–Kier alpha value is -2.08. The van der Waals surface area contributed by atoms with Crippen LogP contribution in [-0.4, -0.2) is 14.1 Å². The number of allylic oxidation sites excluding steroid dienone is 2. The SMILES string of the molecule is C1=[CH][Al-]([c]2cccc(NNc3ccccc3)c2)[CH]=C1.[Fe+2].c1cc[cH-]c1. The molecular formula is C21H20AlFeN2. The van der Waals surface area contributed by atoms with Gasteiger partial charge < -0.3 is 10.9 Å². The number of hydrazine groups is 1. The molecule has 1 heterocycles. The molecule has 0 amide bonds. The summed E-state index contributed by atoms with van der Waals surface area (Å²) in [5.74, 6) is 0. The zero-order chi connectivity index (χ0) is 16.5. The molecule has 2 N–H and O–H groups in total.